The summed E-state index contributed by atoms with van der Waals surface area (Å²) in [4.78, 5) is 0. The van der Waals surface area contributed by atoms with Crippen molar-refractivity contribution in [2.75, 3.05) is 0 Å². The summed E-state index contributed by atoms with van der Waals surface area (Å²) in [6.45, 7) is 0. The molecule has 0 aliphatic carbocycles. The van der Waals surface area contributed by atoms with Crippen molar-refractivity contribution in [1.82, 2.24) is 0 Å². The molecule has 0 saturated heterocycles. The van der Waals surface area contributed by atoms with E-state index in [2.05, 4.69) is 0 Å². The highest BCUT2D eigenvalue weighted by Crippen LogP contribution is 2.29. The zero-order valence-electron chi connectivity index (χ0n) is 8.03. The van der Waals surface area contributed by atoms with E-state index in [1.54, 1.807) is 18.2 Å². The number of benzene rings is 2. The second kappa shape index (κ2) is 4.45. The minimum Gasteiger partial charge on any atom is -0.207 e. The maximum atomic E-state index is 13.4. The first-order chi connectivity index (χ1) is 7.29. The van der Waals surface area contributed by atoms with Crippen LogP contribution in [0.2, 0.25) is 0 Å². The lowest BCUT2D eigenvalue weighted by atomic mass is 10.0. The van der Waals surface area contributed by atoms with E-state index in [4.69, 9.17) is 11.6 Å². The van der Waals surface area contributed by atoms with Gasteiger partial charge in [0.2, 0.25) is 0 Å². The van der Waals surface area contributed by atoms with Crippen LogP contribution in [0.25, 0.3) is 0 Å². The van der Waals surface area contributed by atoms with Crippen LogP contribution in [0.5, 0.6) is 0 Å². The Bertz CT molecular complexity index is 439. The smallest absolute Gasteiger partial charge is 0.128 e. The van der Waals surface area contributed by atoms with E-state index in [9.17, 15) is 4.39 Å². The molecule has 0 aliphatic heterocycles. The number of rotatable bonds is 2. The largest absolute Gasteiger partial charge is 0.207 e. The van der Waals surface area contributed by atoms with Gasteiger partial charge in [-0.15, -0.1) is 11.6 Å². The highest BCUT2D eigenvalue weighted by Gasteiger charge is 2.13. The van der Waals surface area contributed by atoms with Crippen LogP contribution >= 0.6 is 11.6 Å². The molecule has 0 radical (unpaired) electrons. The maximum Gasteiger partial charge on any atom is 0.128 e. The van der Waals surface area contributed by atoms with Crippen LogP contribution in [-0.4, -0.2) is 0 Å². The molecule has 2 rings (SSSR count). The van der Waals surface area contributed by atoms with Crippen molar-refractivity contribution in [3.63, 3.8) is 0 Å². The lowest BCUT2D eigenvalue weighted by Gasteiger charge is -2.10. The van der Waals surface area contributed by atoms with E-state index >= 15 is 0 Å². The standard InChI is InChI=1S/C13H10ClF/c14-13(10-6-2-1-3-7-10)11-8-4-5-9-12(11)15/h1-9,13H/t13-/m0/s1. The Morgan fingerprint density at radius 2 is 1.47 bits per heavy atom. The Kier molecular flexibility index (Phi) is 3.02. The third-order valence-corrected chi connectivity index (χ3v) is 2.76. The fourth-order valence-electron chi connectivity index (χ4n) is 1.48. The Morgan fingerprint density at radius 1 is 0.867 bits per heavy atom. The van der Waals surface area contributed by atoms with E-state index in [0.717, 1.165) is 5.56 Å². The molecule has 0 fully saturated rings. The summed E-state index contributed by atoms with van der Waals surface area (Å²) in [5.41, 5.74) is 1.43. The molecule has 1 atom stereocenters. The SMILES string of the molecule is Fc1ccccc1[C@@H](Cl)c1ccccc1. The monoisotopic (exact) mass is 220 g/mol. The number of alkyl halides is 1. The summed E-state index contributed by atoms with van der Waals surface area (Å²) in [7, 11) is 0. The first-order valence-electron chi connectivity index (χ1n) is 4.72. The van der Waals surface area contributed by atoms with E-state index in [1.165, 1.54) is 6.07 Å². The minimum atomic E-state index is -0.424. The van der Waals surface area contributed by atoms with Crippen LogP contribution < -0.4 is 0 Å². The molecule has 15 heavy (non-hydrogen) atoms. The van der Waals surface area contributed by atoms with Crippen LogP contribution in [-0.2, 0) is 0 Å². The van der Waals surface area contributed by atoms with Crippen molar-refractivity contribution < 1.29 is 4.39 Å². The molecular weight excluding hydrogens is 211 g/mol. The molecule has 0 bridgehead atoms. The zero-order valence-corrected chi connectivity index (χ0v) is 8.79. The van der Waals surface area contributed by atoms with Crippen molar-refractivity contribution in [2.24, 2.45) is 0 Å². The average Bonchev–Trinajstić information content (AvgIpc) is 2.30. The van der Waals surface area contributed by atoms with Gasteiger partial charge in [0.15, 0.2) is 0 Å². The van der Waals surface area contributed by atoms with Crippen molar-refractivity contribution in [3.05, 3.63) is 71.5 Å². The molecular formula is C13H10ClF. The maximum absolute atomic E-state index is 13.4. The van der Waals surface area contributed by atoms with Gasteiger partial charge in [0, 0.05) is 5.56 Å². The molecule has 2 aromatic carbocycles. The first-order valence-corrected chi connectivity index (χ1v) is 5.16. The van der Waals surface area contributed by atoms with Gasteiger partial charge in [0.1, 0.15) is 5.82 Å². The van der Waals surface area contributed by atoms with Crippen molar-refractivity contribution in [3.8, 4) is 0 Å². The summed E-state index contributed by atoms with van der Waals surface area (Å²) in [5.74, 6) is -0.263. The summed E-state index contributed by atoms with van der Waals surface area (Å²) < 4.78 is 13.4. The topological polar surface area (TPSA) is 0 Å². The van der Waals surface area contributed by atoms with E-state index < -0.39 is 5.38 Å². The normalized spacial score (nSPS) is 12.4. The molecule has 0 spiro atoms. The van der Waals surface area contributed by atoms with Crippen LogP contribution in [0.3, 0.4) is 0 Å². The predicted octanol–water partition coefficient (Wildman–Crippen LogP) is 4.15. The number of halogens is 2. The van der Waals surface area contributed by atoms with Gasteiger partial charge in [0.25, 0.3) is 0 Å². The molecule has 0 heterocycles. The average molecular weight is 221 g/mol. The van der Waals surface area contributed by atoms with Crippen molar-refractivity contribution >= 4 is 11.6 Å². The summed E-state index contributed by atoms with van der Waals surface area (Å²) >= 11 is 6.20. The van der Waals surface area contributed by atoms with Gasteiger partial charge in [-0.05, 0) is 11.6 Å². The fourth-order valence-corrected chi connectivity index (χ4v) is 1.80. The minimum absolute atomic E-state index is 0.263. The van der Waals surface area contributed by atoms with Gasteiger partial charge in [-0.25, -0.2) is 4.39 Å². The van der Waals surface area contributed by atoms with E-state index in [0.29, 0.717) is 5.56 Å². The molecule has 0 aromatic heterocycles. The van der Waals surface area contributed by atoms with Crippen LogP contribution in [0.15, 0.2) is 54.6 Å². The van der Waals surface area contributed by atoms with E-state index in [-0.39, 0.29) is 5.82 Å². The van der Waals surface area contributed by atoms with Crippen molar-refractivity contribution in [1.29, 1.82) is 0 Å². The number of hydrogen-bond donors (Lipinski definition) is 0. The molecule has 0 N–H and O–H groups in total. The molecule has 0 nitrogen and oxygen atoms in total. The van der Waals surface area contributed by atoms with Gasteiger partial charge in [-0.2, -0.15) is 0 Å². The lowest BCUT2D eigenvalue weighted by molar-refractivity contribution is 0.612. The van der Waals surface area contributed by atoms with Gasteiger partial charge >= 0.3 is 0 Å². The van der Waals surface area contributed by atoms with Gasteiger partial charge in [-0.3, -0.25) is 0 Å². The second-order valence-electron chi connectivity index (χ2n) is 3.29. The highest BCUT2D eigenvalue weighted by molar-refractivity contribution is 6.22. The van der Waals surface area contributed by atoms with Crippen molar-refractivity contribution in [2.45, 2.75) is 5.38 Å². The Morgan fingerprint density at radius 3 is 2.13 bits per heavy atom. The molecule has 0 amide bonds. The summed E-state index contributed by atoms with van der Waals surface area (Å²) in [6, 6.07) is 16.1. The third-order valence-electron chi connectivity index (χ3n) is 2.27. The molecule has 76 valence electrons. The molecule has 0 saturated carbocycles. The predicted molar refractivity (Wildman–Crippen MR) is 60.5 cm³/mol. The van der Waals surface area contributed by atoms with Crippen LogP contribution in [0.4, 0.5) is 4.39 Å². The zero-order chi connectivity index (χ0) is 10.7. The Labute approximate surface area is 93.3 Å². The van der Waals surface area contributed by atoms with Gasteiger partial charge in [0.05, 0.1) is 5.38 Å². The lowest BCUT2D eigenvalue weighted by Crippen LogP contribution is -1.96. The van der Waals surface area contributed by atoms with Gasteiger partial charge < -0.3 is 0 Å². The summed E-state index contributed by atoms with van der Waals surface area (Å²) in [5, 5.41) is -0.424. The Balaban J connectivity index is 2.37. The molecule has 0 aliphatic rings. The highest BCUT2D eigenvalue weighted by atomic mass is 35.5. The quantitative estimate of drug-likeness (QED) is 0.667. The molecule has 2 aromatic rings. The molecule has 2 heteroatoms. The summed E-state index contributed by atoms with van der Waals surface area (Å²) in [6.07, 6.45) is 0. The third kappa shape index (κ3) is 2.18. The Hall–Kier alpha value is -1.34. The van der Waals surface area contributed by atoms with Crippen LogP contribution in [0.1, 0.15) is 16.5 Å². The first kappa shape index (κ1) is 10.2. The van der Waals surface area contributed by atoms with E-state index in [1.807, 2.05) is 30.3 Å². The van der Waals surface area contributed by atoms with Crippen LogP contribution in [0, 0.1) is 5.82 Å². The molecule has 0 unspecified atom stereocenters. The number of hydrogen-bond acceptors (Lipinski definition) is 0. The fraction of sp³-hybridized carbons (Fsp3) is 0.0769. The second-order valence-corrected chi connectivity index (χ2v) is 3.73. The van der Waals surface area contributed by atoms with Gasteiger partial charge in [-0.1, -0.05) is 48.5 Å².